The van der Waals surface area contributed by atoms with E-state index in [2.05, 4.69) is 40.2 Å². The van der Waals surface area contributed by atoms with E-state index in [1.54, 1.807) is 6.08 Å². The van der Waals surface area contributed by atoms with Gasteiger partial charge in [-0.3, -0.25) is 4.79 Å². The van der Waals surface area contributed by atoms with Crippen LogP contribution in [0.4, 0.5) is 0 Å². The highest BCUT2D eigenvalue weighted by molar-refractivity contribution is 9.10. The standard InChI is InChI=1S/C19H13BrO/c20-18-7-3-6-17(13-18)19(21)11-9-14-8-10-15-4-1-2-5-16(15)12-14/h1-13H/b11-9+. The second-order valence-electron chi connectivity index (χ2n) is 4.81. The SMILES string of the molecule is O=C(/C=C/c1ccc2ccccc2c1)c1cccc(Br)c1. The fourth-order valence-corrected chi connectivity index (χ4v) is 2.62. The summed E-state index contributed by atoms with van der Waals surface area (Å²) in [5.74, 6) is 0.00413. The third-order valence-corrected chi connectivity index (χ3v) is 3.80. The van der Waals surface area contributed by atoms with Crippen molar-refractivity contribution in [2.45, 2.75) is 0 Å². The zero-order valence-corrected chi connectivity index (χ0v) is 12.9. The summed E-state index contributed by atoms with van der Waals surface area (Å²) in [6.45, 7) is 0. The van der Waals surface area contributed by atoms with Gasteiger partial charge in [0.1, 0.15) is 0 Å². The lowest BCUT2D eigenvalue weighted by molar-refractivity contribution is 0.104. The molecule has 2 heteroatoms. The lowest BCUT2D eigenvalue weighted by Gasteiger charge is -1.99. The zero-order chi connectivity index (χ0) is 14.7. The Hall–Kier alpha value is -2.19. The topological polar surface area (TPSA) is 17.1 Å². The number of hydrogen-bond acceptors (Lipinski definition) is 1. The minimum atomic E-state index is 0.00413. The minimum Gasteiger partial charge on any atom is -0.289 e. The number of fused-ring (bicyclic) bond motifs is 1. The molecule has 0 unspecified atom stereocenters. The molecule has 0 aliphatic heterocycles. The molecule has 0 aliphatic carbocycles. The monoisotopic (exact) mass is 336 g/mol. The second-order valence-corrected chi connectivity index (χ2v) is 5.73. The molecule has 0 saturated heterocycles. The molecule has 1 nitrogen and oxygen atoms in total. The van der Waals surface area contributed by atoms with Crippen LogP contribution in [0.2, 0.25) is 0 Å². The van der Waals surface area contributed by atoms with Crippen molar-refractivity contribution in [1.82, 2.24) is 0 Å². The average Bonchev–Trinajstić information content (AvgIpc) is 2.52. The van der Waals surface area contributed by atoms with E-state index in [0.29, 0.717) is 5.56 Å². The van der Waals surface area contributed by atoms with Gasteiger partial charge < -0.3 is 0 Å². The maximum absolute atomic E-state index is 12.1. The first-order valence-electron chi connectivity index (χ1n) is 6.69. The molecule has 0 aromatic heterocycles. The van der Waals surface area contributed by atoms with E-state index < -0.39 is 0 Å². The van der Waals surface area contributed by atoms with Crippen LogP contribution >= 0.6 is 15.9 Å². The van der Waals surface area contributed by atoms with Crippen LogP contribution in [0, 0.1) is 0 Å². The average molecular weight is 337 g/mol. The van der Waals surface area contributed by atoms with Crippen LogP contribution in [-0.4, -0.2) is 5.78 Å². The Morgan fingerprint density at radius 2 is 1.67 bits per heavy atom. The highest BCUT2D eigenvalue weighted by Gasteiger charge is 2.01. The van der Waals surface area contributed by atoms with Crippen LogP contribution in [0.3, 0.4) is 0 Å². The lowest BCUT2D eigenvalue weighted by Crippen LogP contribution is -1.93. The Bertz CT molecular complexity index is 834. The van der Waals surface area contributed by atoms with E-state index in [-0.39, 0.29) is 5.78 Å². The molecule has 0 atom stereocenters. The normalized spacial score (nSPS) is 11.1. The van der Waals surface area contributed by atoms with Gasteiger partial charge in [0, 0.05) is 10.0 Å². The smallest absolute Gasteiger partial charge is 0.185 e. The van der Waals surface area contributed by atoms with Crippen LogP contribution in [-0.2, 0) is 0 Å². The largest absolute Gasteiger partial charge is 0.289 e. The van der Waals surface area contributed by atoms with Gasteiger partial charge in [0.05, 0.1) is 0 Å². The maximum Gasteiger partial charge on any atom is 0.185 e. The fraction of sp³-hybridized carbons (Fsp3) is 0. The molecule has 0 radical (unpaired) electrons. The Kier molecular flexibility index (Phi) is 3.98. The number of benzene rings is 3. The van der Waals surface area contributed by atoms with Crippen molar-refractivity contribution in [3.05, 3.63) is 88.4 Å². The lowest BCUT2D eigenvalue weighted by atomic mass is 10.1. The van der Waals surface area contributed by atoms with Crippen molar-refractivity contribution in [2.24, 2.45) is 0 Å². The van der Waals surface area contributed by atoms with Gasteiger partial charge in [0.25, 0.3) is 0 Å². The van der Waals surface area contributed by atoms with Crippen molar-refractivity contribution in [3.8, 4) is 0 Å². The fourth-order valence-electron chi connectivity index (χ4n) is 2.22. The Morgan fingerprint density at radius 3 is 2.48 bits per heavy atom. The van der Waals surface area contributed by atoms with E-state index in [0.717, 1.165) is 10.0 Å². The Labute approximate surface area is 132 Å². The predicted octanol–water partition coefficient (Wildman–Crippen LogP) is 5.50. The summed E-state index contributed by atoms with van der Waals surface area (Å²) in [7, 11) is 0. The quantitative estimate of drug-likeness (QED) is 0.456. The molecule has 3 aromatic carbocycles. The Balaban J connectivity index is 1.85. The summed E-state index contributed by atoms with van der Waals surface area (Å²) in [5.41, 5.74) is 1.71. The van der Waals surface area contributed by atoms with Crippen LogP contribution in [0.5, 0.6) is 0 Å². The van der Waals surface area contributed by atoms with Gasteiger partial charge in [-0.05, 0) is 40.6 Å². The van der Waals surface area contributed by atoms with Crippen LogP contribution < -0.4 is 0 Å². The van der Waals surface area contributed by atoms with Crippen molar-refractivity contribution in [2.75, 3.05) is 0 Å². The molecule has 102 valence electrons. The number of hydrogen-bond donors (Lipinski definition) is 0. The minimum absolute atomic E-state index is 0.00413. The first-order chi connectivity index (χ1) is 10.2. The van der Waals surface area contributed by atoms with Gasteiger partial charge in [-0.15, -0.1) is 0 Å². The van der Waals surface area contributed by atoms with Gasteiger partial charge in [-0.25, -0.2) is 0 Å². The molecular weight excluding hydrogens is 324 g/mol. The van der Waals surface area contributed by atoms with E-state index >= 15 is 0 Å². The molecule has 0 bridgehead atoms. The first-order valence-corrected chi connectivity index (χ1v) is 7.48. The summed E-state index contributed by atoms with van der Waals surface area (Å²) < 4.78 is 0.910. The molecule has 0 aliphatic rings. The molecule has 0 fully saturated rings. The van der Waals surface area contributed by atoms with E-state index in [9.17, 15) is 4.79 Å². The van der Waals surface area contributed by atoms with Gasteiger partial charge in [-0.1, -0.05) is 70.5 Å². The summed E-state index contributed by atoms with van der Waals surface area (Å²) in [4.78, 5) is 12.1. The van der Waals surface area contributed by atoms with E-state index in [1.165, 1.54) is 10.8 Å². The highest BCUT2D eigenvalue weighted by Crippen LogP contribution is 2.17. The van der Waals surface area contributed by atoms with Crippen molar-refractivity contribution < 1.29 is 4.79 Å². The molecule has 3 rings (SSSR count). The zero-order valence-electron chi connectivity index (χ0n) is 11.3. The van der Waals surface area contributed by atoms with Crippen LogP contribution in [0.15, 0.2) is 77.3 Å². The number of carbonyl (C=O) groups is 1. The predicted molar refractivity (Wildman–Crippen MR) is 91.5 cm³/mol. The number of ketones is 1. The van der Waals surface area contributed by atoms with Crippen molar-refractivity contribution >= 4 is 38.6 Å². The summed E-state index contributed by atoms with van der Waals surface area (Å²) in [6.07, 6.45) is 3.47. The molecule has 0 spiro atoms. The summed E-state index contributed by atoms with van der Waals surface area (Å²) in [5, 5.41) is 2.38. The third kappa shape index (κ3) is 3.29. The first kappa shape index (κ1) is 13.8. The van der Waals surface area contributed by atoms with Gasteiger partial charge >= 0.3 is 0 Å². The van der Waals surface area contributed by atoms with Crippen LogP contribution in [0.25, 0.3) is 16.8 Å². The van der Waals surface area contributed by atoms with Crippen molar-refractivity contribution in [3.63, 3.8) is 0 Å². The molecular formula is C19H13BrO. The molecule has 0 N–H and O–H groups in total. The van der Waals surface area contributed by atoms with Gasteiger partial charge in [0.15, 0.2) is 5.78 Å². The molecule has 0 amide bonds. The van der Waals surface area contributed by atoms with Gasteiger partial charge in [-0.2, -0.15) is 0 Å². The van der Waals surface area contributed by atoms with E-state index in [4.69, 9.17) is 0 Å². The third-order valence-electron chi connectivity index (χ3n) is 3.31. The number of rotatable bonds is 3. The van der Waals surface area contributed by atoms with E-state index in [1.807, 2.05) is 48.5 Å². The summed E-state index contributed by atoms with van der Waals surface area (Å²) >= 11 is 3.38. The molecule has 3 aromatic rings. The summed E-state index contributed by atoms with van der Waals surface area (Å²) in [6, 6.07) is 21.8. The molecule has 0 heterocycles. The maximum atomic E-state index is 12.1. The number of carbonyl (C=O) groups excluding carboxylic acids is 1. The Morgan fingerprint density at radius 1 is 0.857 bits per heavy atom. The van der Waals surface area contributed by atoms with Crippen molar-refractivity contribution in [1.29, 1.82) is 0 Å². The van der Waals surface area contributed by atoms with Crippen LogP contribution in [0.1, 0.15) is 15.9 Å². The second kappa shape index (κ2) is 6.06. The molecule has 21 heavy (non-hydrogen) atoms. The van der Waals surface area contributed by atoms with Gasteiger partial charge in [0.2, 0.25) is 0 Å². The molecule has 0 saturated carbocycles. The highest BCUT2D eigenvalue weighted by atomic mass is 79.9. The number of allylic oxidation sites excluding steroid dienone is 1. The number of halogens is 1.